The number of carbonyl (C=O) groups excluding carboxylic acids is 1. The molecule has 0 spiro atoms. The molecule has 2 nitrogen and oxygen atoms in total. The molecule has 2 heteroatoms. The number of carbonyl (C=O) groups is 1. The highest BCUT2D eigenvalue weighted by Gasteiger charge is 2.32. The van der Waals surface area contributed by atoms with Crippen LogP contribution in [0.1, 0.15) is 54.4 Å². The molecule has 15 heavy (non-hydrogen) atoms. The van der Waals surface area contributed by atoms with Crippen molar-refractivity contribution in [2.45, 2.75) is 60.4 Å². The van der Waals surface area contributed by atoms with Gasteiger partial charge in [-0.05, 0) is 25.2 Å². The highest BCUT2D eigenvalue weighted by Crippen LogP contribution is 2.32. The minimum absolute atomic E-state index is 0.0930. The lowest BCUT2D eigenvalue weighted by molar-refractivity contribution is -0.137. The van der Waals surface area contributed by atoms with Gasteiger partial charge < -0.3 is 4.90 Å². The summed E-state index contributed by atoms with van der Waals surface area (Å²) in [4.78, 5) is 13.8. The summed E-state index contributed by atoms with van der Waals surface area (Å²) < 4.78 is 0. The summed E-state index contributed by atoms with van der Waals surface area (Å²) in [6, 6.07) is 0.308. The highest BCUT2D eigenvalue weighted by molar-refractivity contribution is 5.78. The molecular weight excluding hydrogens is 186 g/mol. The minimum atomic E-state index is 0.0930. The van der Waals surface area contributed by atoms with Crippen molar-refractivity contribution < 1.29 is 4.79 Å². The molecule has 1 atom stereocenters. The Morgan fingerprint density at radius 3 is 1.87 bits per heavy atom. The van der Waals surface area contributed by atoms with E-state index in [1.165, 1.54) is 0 Å². The molecule has 0 aliphatic rings. The zero-order valence-electron chi connectivity index (χ0n) is 11.4. The molecule has 0 heterocycles. The molecule has 0 aliphatic heterocycles. The van der Waals surface area contributed by atoms with E-state index in [1.807, 2.05) is 25.8 Å². The van der Waals surface area contributed by atoms with Crippen LogP contribution in [-0.2, 0) is 4.79 Å². The number of hydrogen-bond donors (Lipinski definition) is 0. The van der Waals surface area contributed by atoms with E-state index in [0.29, 0.717) is 6.04 Å². The molecule has 0 aromatic rings. The van der Waals surface area contributed by atoms with E-state index >= 15 is 0 Å². The maximum absolute atomic E-state index is 11.9. The van der Waals surface area contributed by atoms with Crippen LogP contribution in [0.3, 0.4) is 0 Å². The van der Waals surface area contributed by atoms with Crippen LogP contribution in [0.25, 0.3) is 0 Å². The van der Waals surface area contributed by atoms with E-state index in [9.17, 15) is 4.79 Å². The van der Waals surface area contributed by atoms with Gasteiger partial charge in [-0.1, -0.05) is 34.6 Å². The minimum Gasteiger partial charge on any atom is -0.342 e. The second kappa shape index (κ2) is 5.53. The first kappa shape index (κ1) is 14.5. The molecule has 0 saturated carbocycles. The van der Waals surface area contributed by atoms with Gasteiger partial charge in [0.25, 0.3) is 0 Å². The van der Waals surface area contributed by atoms with Crippen LogP contribution in [0.15, 0.2) is 0 Å². The van der Waals surface area contributed by atoms with E-state index in [0.717, 1.165) is 12.8 Å². The zero-order valence-corrected chi connectivity index (χ0v) is 11.4. The predicted octanol–water partition coefficient (Wildman–Crippen LogP) is 3.32. The average Bonchev–Trinajstić information content (AvgIpc) is 2.24. The molecule has 0 aliphatic carbocycles. The van der Waals surface area contributed by atoms with Crippen LogP contribution in [0, 0.1) is 11.3 Å². The van der Waals surface area contributed by atoms with Crippen molar-refractivity contribution in [2.24, 2.45) is 11.3 Å². The maximum atomic E-state index is 11.9. The van der Waals surface area contributed by atoms with E-state index in [2.05, 4.69) is 27.7 Å². The fourth-order valence-corrected chi connectivity index (χ4v) is 1.91. The van der Waals surface area contributed by atoms with Crippen molar-refractivity contribution >= 4 is 5.91 Å². The quantitative estimate of drug-likeness (QED) is 0.686. The van der Waals surface area contributed by atoms with Gasteiger partial charge in [-0.2, -0.15) is 0 Å². The van der Waals surface area contributed by atoms with Crippen molar-refractivity contribution in [3.8, 4) is 0 Å². The van der Waals surface area contributed by atoms with Gasteiger partial charge in [0.2, 0.25) is 5.91 Å². The molecule has 0 N–H and O–H groups in total. The summed E-state index contributed by atoms with van der Waals surface area (Å²) >= 11 is 0. The Balaban J connectivity index is 4.69. The predicted molar refractivity (Wildman–Crippen MR) is 65.8 cm³/mol. The van der Waals surface area contributed by atoms with Gasteiger partial charge in [0.1, 0.15) is 0 Å². The summed E-state index contributed by atoms with van der Waals surface area (Å²) in [6.07, 6.45) is 2.22. The molecule has 1 amide bonds. The first-order valence-corrected chi connectivity index (χ1v) is 6.06. The maximum Gasteiger partial charge on any atom is 0.225 e. The lowest BCUT2D eigenvalue weighted by atomic mass is 9.77. The standard InChI is InChI=1S/C13H27NO/c1-8-13(6,9-2)11(5)14(7)12(15)10(3)4/h10-11H,8-9H2,1-7H3. The van der Waals surface area contributed by atoms with Crippen LogP contribution < -0.4 is 0 Å². The zero-order chi connectivity index (χ0) is 12.2. The van der Waals surface area contributed by atoms with E-state index < -0.39 is 0 Å². The third-order valence-corrected chi connectivity index (χ3v) is 4.05. The first-order valence-electron chi connectivity index (χ1n) is 6.06. The Morgan fingerprint density at radius 2 is 1.60 bits per heavy atom. The van der Waals surface area contributed by atoms with Crippen LogP contribution in [0.2, 0.25) is 0 Å². The fourth-order valence-electron chi connectivity index (χ4n) is 1.91. The molecule has 0 bridgehead atoms. The lowest BCUT2D eigenvalue weighted by Crippen LogP contribution is -2.46. The molecule has 0 rings (SSSR count). The van der Waals surface area contributed by atoms with Gasteiger partial charge in [0.15, 0.2) is 0 Å². The second-order valence-corrected chi connectivity index (χ2v) is 5.14. The first-order chi connectivity index (χ1) is 6.80. The average molecular weight is 213 g/mol. The summed E-state index contributed by atoms with van der Waals surface area (Å²) in [6.45, 7) is 12.7. The SMILES string of the molecule is CCC(C)(CC)C(C)N(C)C(=O)C(C)C. The van der Waals surface area contributed by atoms with Gasteiger partial charge in [-0.3, -0.25) is 4.79 Å². The smallest absolute Gasteiger partial charge is 0.225 e. The van der Waals surface area contributed by atoms with Crippen LogP contribution in [0.4, 0.5) is 0 Å². The van der Waals surface area contributed by atoms with Crippen molar-refractivity contribution in [1.82, 2.24) is 4.90 Å². The van der Waals surface area contributed by atoms with E-state index in [1.54, 1.807) is 0 Å². The number of amides is 1. The van der Waals surface area contributed by atoms with Gasteiger partial charge >= 0.3 is 0 Å². The number of hydrogen-bond acceptors (Lipinski definition) is 1. The third kappa shape index (κ3) is 3.22. The topological polar surface area (TPSA) is 20.3 Å². The third-order valence-electron chi connectivity index (χ3n) is 4.05. The van der Waals surface area contributed by atoms with E-state index in [4.69, 9.17) is 0 Å². The summed E-state index contributed by atoms with van der Waals surface area (Å²) in [5, 5.41) is 0. The van der Waals surface area contributed by atoms with Crippen LogP contribution >= 0.6 is 0 Å². The molecular formula is C13H27NO. The summed E-state index contributed by atoms with van der Waals surface area (Å²) in [5.41, 5.74) is 0.235. The van der Waals surface area contributed by atoms with Crippen molar-refractivity contribution in [1.29, 1.82) is 0 Å². The molecule has 0 saturated heterocycles. The van der Waals surface area contributed by atoms with Gasteiger partial charge in [0.05, 0.1) is 0 Å². The van der Waals surface area contributed by atoms with Gasteiger partial charge in [-0.25, -0.2) is 0 Å². The monoisotopic (exact) mass is 213 g/mol. The van der Waals surface area contributed by atoms with Gasteiger partial charge in [-0.15, -0.1) is 0 Å². The molecule has 0 radical (unpaired) electrons. The normalized spacial score (nSPS) is 14.1. The molecule has 0 aromatic heterocycles. The summed E-state index contributed by atoms with van der Waals surface area (Å²) in [5.74, 6) is 0.339. The molecule has 90 valence electrons. The van der Waals surface area contributed by atoms with Crippen molar-refractivity contribution in [3.63, 3.8) is 0 Å². The van der Waals surface area contributed by atoms with Gasteiger partial charge in [0, 0.05) is 19.0 Å². The number of nitrogens with zero attached hydrogens (tertiary/aromatic N) is 1. The van der Waals surface area contributed by atoms with Crippen LogP contribution in [-0.4, -0.2) is 23.9 Å². The molecule has 0 aromatic carbocycles. The lowest BCUT2D eigenvalue weighted by Gasteiger charge is -2.40. The Hall–Kier alpha value is -0.530. The number of rotatable bonds is 5. The van der Waals surface area contributed by atoms with Crippen LogP contribution in [0.5, 0.6) is 0 Å². The second-order valence-electron chi connectivity index (χ2n) is 5.14. The Bertz CT molecular complexity index is 207. The summed E-state index contributed by atoms with van der Waals surface area (Å²) in [7, 11) is 1.93. The largest absolute Gasteiger partial charge is 0.342 e. The highest BCUT2D eigenvalue weighted by atomic mass is 16.2. The Labute approximate surface area is 95.0 Å². The van der Waals surface area contributed by atoms with Crippen molar-refractivity contribution in [2.75, 3.05) is 7.05 Å². The molecule has 1 unspecified atom stereocenters. The van der Waals surface area contributed by atoms with Crippen molar-refractivity contribution in [3.05, 3.63) is 0 Å². The Kier molecular flexibility index (Phi) is 5.33. The Morgan fingerprint density at radius 1 is 1.20 bits per heavy atom. The fraction of sp³-hybridized carbons (Fsp3) is 0.923. The van der Waals surface area contributed by atoms with E-state index in [-0.39, 0.29) is 17.2 Å². The molecule has 0 fully saturated rings.